The van der Waals surface area contributed by atoms with E-state index in [0.29, 0.717) is 44.8 Å². The van der Waals surface area contributed by atoms with Gasteiger partial charge in [-0.1, -0.05) is 84.2 Å². The maximum absolute atomic E-state index is 11.7. The molecular weight excluding hydrogens is 1030 g/mol. The van der Waals surface area contributed by atoms with Crippen LogP contribution >= 0.6 is 23.5 Å². The van der Waals surface area contributed by atoms with Gasteiger partial charge in [-0.05, 0) is 129 Å². The Morgan fingerprint density at radius 1 is 0.577 bits per heavy atom. The Bertz CT molecular complexity index is 3440. The molecule has 4 aromatic heterocycles. The maximum atomic E-state index is 11.7. The molecule has 0 bridgehead atoms. The zero-order valence-electron chi connectivity index (χ0n) is 42.8. The van der Waals surface area contributed by atoms with Crippen LogP contribution in [0.3, 0.4) is 0 Å². The number of pyridine rings is 2. The molecule has 398 valence electrons. The molecule has 17 nitrogen and oxygen atoms in total. The van der Waals surface area contributed by atoms with Gasteiger partial charge in [-0.2, -0.15) is 0 Å². The van der Waals surface area contributed by atoms with Gasteiger partial charge in [-0.3, -0.25) is 49.9 Å². The fourth-order valence-electron chi connectivity index (χ4n) is 8.42. The molecule has 3 aliphatic heterocycles. The van der Waals surface area contributed by atoms with Crippen molar-refractivity contribution in [1.29, 1.82) is 0 Å². The van der Waals surface area contributed by atoms with Crippen molar-refractivity contribution in [1.82, 2.24) is 30.9 Å². The number of aryl methyl sites for hydroxylation is 3. The van der Waals surface area contributed by atoms with Crippen LogP contribution in [0.4, 0.5) is 14.4 Å². The highest BCUT2D eigenvalue weighted by Crippen LogP contribution is 2.29. The molecule has 3 N–H and O–H groups in total. The molecule has 3 saturated heterocycles. The zero-order chi connectivity index (χ0) is 54.5. The largest absolute Gasteiger partial charge is 0.493 e. The van der Waals surface area contributed by atoms with Crippen LogP contribution in [0, 0.1) is 20.8 Å². The molecule has 3 atom stereocenters. The predicted octanol–water partition coefficient (Wildman–Crippen LogP) is 9.98. The summed E-state index contributed by atoms with van der Waals surface area (Å²) < 4.78 is 28.2. The first-order chi connectivity index (χ1) is 37.7. The summed E-state index contributed by atoms with van der Waals surface area (Å²) in [6.45, 7) is 7.00. The number of amides is 6. The number of hydrogen-bond acceptors (Lipinski definition) is 16. The van der Waals surface area contributed by atoms with E-state index in [0.717, 1.165) is 121 Å². The van der Waals surface area contributed by atoms with Gasteiger partial charge in [-0.15, -0.1) is 0 Å². The highest BCUT2D eigenvalue weighted by molar-refractivity contribution is 8.15. The maximum Gasteiger partial charge on any atom is 0.414 e. The van der Waals surface area contributed by atoms with Gasteiger partial charge >= 0.3 is 6.09 Å². The second-order valence-electron chi connectivity index (χ2n) is 18.5. The van der Waals surface area contributed by atoms with Gasteiger partial charge in [0.15, 0.2) is 6.10 Å². The normalized spacial score (nSPS) is 16.6. The average Bonchev–Trinajstić information content (AvgIpc) is 4.25. The summed E-state index contributed by atoms with van der Waals surface area (Å²) in [5, 5.41) is 6.44. The molecule has 8 aromatic rings. The van der Waals surface area contributed by atoms with Crippen LogP contribution in [-0.2, 0) is 57.6 Å². The number of carbonyl (C=O) groups excluding carboxylic acids is 6. The van der Waals surface area contributed by atoms with Crippen molar-refractivity contribution in [3.63, 3.8) is 0 Å². The fraction of sp³-hybridized carbons (Fsp3) is 0.237. The molecule has 3 aliphatic rings. The Kier molecular flexibility index (Phi) is 17.8. The summed E-state index contributed by atoms with van der Waals surface area (Å²) in [7, 11) is 0. The molecule has 19 heteroatoms. The van der Waals surface area contributed by atoms with E-state index in [4.69, 9.17) is 23.0 Å². The lowest BCUT2D eigenvalue weighted by molar-refractivity contribution is -0.123. The van der Waals surface area contributed by atoms with Crippen molar-refractivity contribution in [2.45, 2.75) is 75.9 Å². The van der Waals surface area contributed by atoms with Gasteiger partial charge in [0, 0.05) is 53.5 Å². The summed E-state index contributed by atoms with van der Waals surface area (Å²) in [5.74, 6) is 2.84. The minimum atomic E-state index is -0.796. The fourth-order valence-corrected chi connectivity index (χ4v) is 10.1. The van der Waals surface area contributed by atoms with Crippen molar-refractivity contribution in [3.05, 3.63) is 196 Å². The molecule has 3 unspecified atom stereocenters. The van der Waals surface area contributed by atoms with E-state index in [2.05, 4.69) is 30.9 Å². The first-order valence-electron chi connectivity index (χ1n) is 25.1. The lowest BCUT2D eigenvalue weighted by Crippen LogP contribution is -2.25. The third-order valence-corrected chi connectivity index (χ3v) is 14.4. The SMILES string of the molecule is Cc1ccc(CCOc2ccc(CC3SC(=O)NC3=O)cc2)nc1.Cc1cccc(CCOc2ccc(CC3SC(=O)NC3=O)cc2)n1.Cc1oc(-c2ccccc2)nc1Cc1cc2cc(CC3OC(=O)NC3=O)ccc2o1. The second-order valence-corrected chi connectivity index (χ2v) is 20.8. The number of cyclic esters (lactones) is 1. The molecule has 11 rings (SSSR count). The number of alkyl carbamates (subject to hydrolysis) is 1. The molecule has 6 amide bonds. The monoisotopic (exact) mass is 1090 g/mol. The number of fused-ring (bicyclic) bond motifs is 1. The highest BCUT2D eigenvalue weighted by atomic mass is 32.2. The first kappa shape index (κ1) is 54.2. The number of aromatic nitrogens is 3. The molecule has 78 heavy (non-hydrogen) atoms. The quantitative estimate of drug-likeness (QED) is 0.0770. The number of ether oxygens (including phenoxy) is 3. The smallest absolute Gasteiger partial charge is 0.414 e. The van der Waals surface area contributed by atoms with E-state index in [9.17, 15) is 28.8 Å². The standard InChI is InChI=1S/C23H18N2O5.2C18H18N2O3S/c1-13-18(24-22(28-13)15-5-3-2-4-6-15)12-17-11-16-9-14(7-8-19(16)29-17)10-20-21(26)25-23(27)30-20;1-12-2-5-14(19-11-12)8-9-23-15-6-3-13(4-7-15)10-16-17(21)20-18(22)24-16;1-12-3-2-4-14(19-12)9-10-23-15-7-5-13(6-8-15)11-16-17(21)20-18(22)24-16/h2-9,11,20H,10,12H2,1H3,(H,25,26,27);2-7,11,16H,8-10H2,1H3,(H,20,21,22);2-8,16H,9-11H2,1H3,(H,20,21,22). The van der Waals surface area contributed by atoms with Gasteiger partial charge < -0.3 is 23.0 Å². The van der Waals surface area contributed by atoms with Crippen LogP contribution in [0.25, 0.3) is 22.4 Å². The molecule has 0 aliphatic carbocycles. The lowest BCUT2D eigenvalue weighted by Gasteiger charge is -2.09. The molecule has 7 heterocycles. The third kappa shape index (κ3) is 15.1. The van der Waals surface area contributed by atoms with E-state index in [1.165, 1.54) is 0 Å². The topological polar surface area (TPSA) is 231 Å². The van der Waals surface area contributed by atoms with Crippen LogP contribution in [0.5, 0.6) is 11.5 Å². The zero-order valence-corrected chi connectivity index (χ0v) is 44.4. The van der Waals surface area contributed by atoms with E-state index < -0.39 is 18.1 Å². The number of carbonyl (C=O) groups is 6. The number of imide groups is 3. The summed E-state index contributed by atoms with van der Waals surface area (Å²) in [5.41, 5.74) is 9.55. The predicted molar refractivity (Wildman–Crippen MR) is 294 cm³/mol. The first-order valence-corrected chi connectivity index (χ1v) is 26.9. The number of nitrogens with zero attached hydrogens (tertiary/aromatic N) is 3. The number of hydrogen-bond donors (Lipinski definition) is 3. The van der Waals surface area contributed by atoms with Crippen molar-refractivity contribution in [2.24, 2.45) is 0 Å². The van der Waals surface area contributed by atoms with E-state index in [1.54, 1.807) is 0 Å². The van der Waals surface area contributed by atoms with Crippen LogP contribution in [0.15, 0.2) is 148 Å². The van der Waals surface area contributed by atoms with Crippen LogP contribution in [0.2, 0.25) is 0 Å². The highest BCUT2D eigenvalue weighted by Gasteiger charge is 2.33. The minimum Gasteiger partial charge on any atom is -0.493 e. The number of oxazole rings is 1. The Morgan fingerprint density at radius 2 is 1.21 bits per heavy atom. The van der Waals surface area contributed by atoms with Crippen molar-refractivity contribution in [3.8, 4) is 23.0 Å². The van der Waals surface area contributed by atoms with Crippen molar-refractivity contribution in [2.75, 3.05) is 13.2 Å². The average molecular weight is 1090 g/mol. The Hall–Kier alpha value is -8.55. The Balaban J connectivity index is 0.000000144. The van der Waals surface area contributed by atoms with Gasteiger partial charge in [0.2, 0.25) is 17.7 Å². The van der Waals surface area contributed by atoms with Crippen molar-refractivity contribution >= 4 is 68.8 Å². The summed E-state index contributed by atoms with van der Waals surface area (Å²) in [6.07, 6.45) is 3.77. The van der Waals surface area contributed by atoms with E-state index in [-0.39, 0.29) is 32.8 Å². The molecule has 0 saturated carbocycles. The minimum absolute atomic E-state index is 0.212. The van der Waals surface area contributed by atoms with Gasteiger partial charge in [0.1, 0.15) is 28.6 Å². The Morgan fingerprint density at radius 3 is 1.77 bits per heavy atom. The number of thioether (sulfide) groups is 2. The summed E-state index contributed by atoms with van der Waals surface area (Å²) in [4.78, 5) is 81.8. The molecule has 4 aromatic carbocycles. The number of benzene rings is 4. The number of nitrogens with one attached hydrogen (secondary N) is 3. The van der Waals surface area contributed by atoms with Gasteiger partial charge in [0.25, 0.3) is 16.4 Å². The molecule has 3 fully saturated rings. The van der Waals surface area contributed by atoms with Gasteiger partial charge in [0.05, 0.1) is 35.8 Å². The van der Waals surface area contributed by atoms with Crippen LogP contribution in [0.1, 0.15) is 56.6 Å². The van der Waals surface area contributed by atoms with Crippen LogP contribution in [-0.4, -0.2) is 79.1 Å². The van der Waals surface area contributed by atoms with Crippen molar-refractivity contribution < 1.29 is 51.8 Å². The number of rotatable bonds is 17. The lowest BCUT2D eigenvalue weighted by atomic mass is 10.1. The molecular formula is C59H54N6O11S2. The summed E-state index contributed by atoms with van der Waals surface area (Å²) >= 11 is 2.09. The number of furan rings is 1. The van der Waals surface area contributed by atoms with Gasteiger partial charge in [-0.25, -0.2) is 9.78 Å². The van der Waals surface area contributed by atoms with Crippen LogP contribution < -0.4 is 25.4 Å². The Labute approximate surface area is 457 Å². The van der Waals surface area contributed by atoms with E-state index in [1.807, 2.05) is 160 Å². The molecule has 0 radical (unpaired) electrons. The molecule has 0 spiro atoms. The third-order valence-electron chi connectivity index (χ3n) is 12.5. The van der Waals surface area contributed by atoms with E-state index >= 15 is 0 Å². The summed E-state index contributed by atoms with van der Waals surface area (Å²) in [6, 6.07) is 42.6. The second kappa shape index (κ2) is 25.5.